The molecule has 0 amide bonds. The van der Waals surface area contributed by atoms with Crippen LogP contribution in [0.1, 0.15) is 57.6 Å². The summed E-state index contributed by atoms with van der Waals surface area (Å²) in [6, 6.07) is 0.738. The lowest BCUT2D eigenvalue weighted by Crippen LogP contribution is -2.54. The molecule has 1 saturated carbocycles. The molecule has 3 atom stereocenters. The Labute approximate surface area is 185 Å². The predicted molar refractivity (Wildman–Crippen MR) is 113 cm³/mol. The molecule has 2 rings (SSSR count). The molecule has 31 heavy (non-hydrogen) atoms. The van der Waals surface area contributed by atoms with E-state index in [-0.39, 0.29) is 23.3 Å². The fraction of sp³-hybridized carbons (Fsp3) is 0.632. The van der Waals surface area contributed by atoms with Crippen LogP contribution >= 0.6 is 12.2 Å². The number of halogens is 6. The number of anilines is 1. The summed E-state index contributed by atoms with van der Waals surface area (Å²) in [6.07, 6.45) is -6.74. The third-order valence-electron chi connectivity index (χ3n) is 4.74. The molecule has 0 spiro atoms. The highest BCUT2D eigenvalue weighted by molar-refractivity contribution is 7.84. The zero-order chi connectivity index (χ0) is 23.6. The van der Waals surface area contributed by atoms with Gasteiger partial charge in [0.25, 0.3) is 0 Å². The Kier molecular flexibility index (Phi) is 8.02. The van der Waals surface area contributed by atoms with Gasteiger partial charge in [-0.3, -0.25) is 0 Å². The molecule has 1 aliphatic carbocycles. The molecule has 3 unspecified atom stereocenters. The molecule has 0 bridgehead atoms. The topological polar surface area (TPSA) is 53.2 Å². The van der Waals surface area contributed by atoms with Crippen LogP contribution in [-0.2, 0) is 23.3 Å². The highest BCUT2D eigenvalue weighted by Gasteiger charge is 2.37. The van der Waals surface area contributed by atoms with Gasteiger partial charge in [0.05, 0.1) is 26.9 Å². The van der Waals surface area contributed by atoms with E-state index in [1.54, 1.807) is 0 Å². The number of hydrogen-bond acceptors (Lipinski definition) is 2. The molecule has 0 aliphatic heterocycles. The molecule has 0 aromatic heterocycles. The minimum absolute atomic E-state index is 0.0601. The van der Waals surface area contributed by atoms with Crippen molar-refractivity contribution in [2.75, 3.05) is 5.32 Å². The van der Waals surface area contributed by atoms with Crippen molar-refractivity contribution >= 4 is 34.0 Å². The molecule has 12 heteroatoms. The van der Waals surface area contributed by atoms with E-state index in [9.17, 15) is 30.6 Å². The van der Waals surface area contributed by atoms with Crippen LogP contribution in [0.4, 0.5) is 32.0 Å². The lowest BCUT2D eigenvalue weighted by atomic mass is 9.91. The second-order valence-electron chi connectivity index (χ2n) is 8.39. The van der Waals surface area contributed by atoms with Gasteiger partial charge < -0.3 is 10.6 Å². The van der Waals surface area contributed by atoms with Crippen LogP contribution < -0.4 is 15.4 Å². The molecule has 4 nitrogen and oxygen atoms in total. The number of hydrogen-bond donors (Lipinski definition) is 3. The van der Waals surface area contributed by atoms with Crippen molar-refractivity contribution in [1.29, 1.82) is 0 Å². The maximum absolute atomic E-state index is 13.0. The molecule has 0 heterocycles. The summed E-state index contributed by atoms with van der Waals surface area (Å²) in [7, 11) is -1.34. The second-order valence-corrected chi connectivity index (χ2v) is 10.8. The first kappa shape index (κ1) is 25.9. The van der Waals surface area contributed by atoms with Crippen LogP contribution in [0.5, 0.6) is 0 Å². The number of nitrogens with one attached hydrogen (secondary N) is 3. The number of thiocarbonyl (C=S) groups is 1. The van der Waals surface area contributed by atoms with E-state index in [0.717, 1.165) is 12.8 Å². The normalized spacial score (nSPS) is 21.5. The van der Waals surface area contributed by atoms with Crippen molar-refractivity contribution in [3.8, 4) is 0 Å². The van der Waals surface area contributed by atoms with Crippen LogP contribution in [0.25, 0.3) is 0 Å². The molecule has 0 radical (unpaired) electrons. The molecule has 1 aliphatic rings. The molecule has 1 fully saturated rings. The van der Waals surface area contributed by atoms with E-state index in [2.05, 4.69) is 15.4 Å². The van der Waals surface area contributed by atoms with Gasteiger partial charge in [-0.25, -0.2) is 8.93 Å². The van der Waals surface area contributed by atoms with E-state index in [0.29, 0.717) is 25.0 Å². The van der Waals surface area contributed by atoms with E-state index in [4.69, 9.17) is 12.2 Å². The summed E-state index contributed by atoms with van der Waals surface area (Å²) < 4.78 is 93.2. The smallest absolute Gasteiger partial charge is 0.358 e. The molecule has 1 aromatic rings. The van der Waals surface area contributed by atoms with Crippen molar-refractivity contribution in [3.05, 3.63) is 29.3 Å². The summed E-state index contributed by atoms with van der Waals surface area (Å²) in [5.41, 5.74) is -3.27. The second kappa shape index (κ2) is 9.62. The Balaban J connectivity index is 2.16. The molecule has 0 saturated heterocycles. The zero-order valence-electron chi connectivity index (χ0n) is 17.2. The van der Waals surface area contributed by atoms with Crippen molar-refractivity contribution < 1.29 is 30.6 Å². The molecular formula is C19H25F6N3OS2. The summed E-state index contributed by atoms with van der Waals surface area (Å²) in [6.45, 7) is 5.46. The van der Waals surface area contributed by atoms with Crippen molar-refractivity contribution in [2.24, 2.45) is 0 Å². The number of rotatable bonds is 4. The van der Waals surface area contributed by atoms with Crippen LogP contribution in [0, 0.1) is 0 Å². The van der Waals surface area contributed by atoms with Gasteiger partial charge in [-0.2, -0.15) is 26.3 Å². The highest BCUT2D eigenvalue weighted by atomic mass is 32.2. The summed E-state index contributed by atoms with van der Waals surface area (Å²) >= 11 is 5.14. The van der Waals surface area contributed by atoms with Crippen LogP contribution in [-0.4, -0.2) is 26.2 Å². The van der Waals surface area contributed by atoms with Gasteiger partial charge in [-0.15, -0.1) is 0 Å². The summed E-state index contributed by atoms with van der Waals surface area (Å²) in [5, 5.41) is 5.28. The first-order chi connectivity index (χ1) is 14.1. The van der Waals surface area contributed by atoms with Crippen LogP contribution in [0.15, 0.2) is 18.2 Å². The largest absolute Gasteiger partial charge is 0.416 e. The number of alkyl halides is 6. The third kappa shape index (κ3) is 7.60. The molecule has 1 aromatic carbocycles. The molecule has 176 valence electrons. The minimum atomic E-state index is -4.94. The average Bonchev–Trinajstić information content (AvgIpc) is 2.60. The Morgan fingerprint density at radius 2 is 1.42 bits per heavy atom. The van der Waals surface area contributed by atoms with E-state index in [1.807, 2.05) is 20.8 Å². The quantitative estimate of drug-likeness (QED) is 0.393. The highest BCUT2D eigenvalue weighted by Crippen LogP contribution is 2.37. The van der Waals surface area contributed by atoms with Crippen LogP contribution in [0.2, 0.25) is 0 Å². The van der Waals surface area contributed by atoms with Gasteiger partial charge in [0, 0.05) is 17.8 Å². The van der Waals surface area contributed by atoms with E-state index in [1.165, 1.54) is 0 Å². The first-order valence-corrected chi connectivity index (χ1v) is 11.2. The van der Waals surface area contributed by atoms with Gasteiger partial charge in [0.2, 0.25) is 0 Å². The van der Waals surface area contributed by atoms with Crippen molar-refractivity contribution in [1.82, 2.24) is 10.0 Å². The number of benzene rings is 1. The average molecular weight is 490 g/mol. The monoisotopic (exact) mass is 489 g/mol. The summed E-state index contributed by atoms with van der Waals surface area (Å²) in [5.74, 6) is 0. The minimum Gasteiger partial charge on any atom is -0.358 e. The van der Waals surface area contributed by atoms with Gasteiger partial charge in [-0.1, -0.05) is 12.8 Å². The maximum Gasteiger partial charge on any atom is 0.416 e. The Hall–Kier alpha value is -1.40. The first-order valence-electron chi connectivity index (χ1n) is 9.62. The fourth-order valence-corrected chi connectivity index (χ4v) is 4.30. The van der Waals surface area contributed by atoms with E-state index >= 15 is 0 Å². The lowest BCUT2D eigenvalue weighted by Gasteiger charge is -2.35. The lowest BCUT2D eigenvalue weighted by molar-refractivity contribution is -0.143. The van der Waals surface area contributed by atoms with Gasteiger partial charge in [-0.05, 0) is 64.0 Å². The van der Waals surface area contributed by atoms with Gasteiger partial charge in [0.1, 0.15) is 0 Å². The Morgan fingerprint density at radius 1 is 0.935 bits per heavy atom. The van der Waals surface area contributed by atoms with Crippen molar-refractivity contribution in [2.45, 2.75) is 75.6 Å². The zero-order valence-corrected chi connectivity index (χ0v) is 18.8. The Morgan fingerprint density at radius 3 is 1.87 bits per heavy atom. The van der Waals surface area contributed by atoms with Gasteiger partial charge >= 0.3 is 12.4 Å². The van der Waals surface area contributed by atoms with Crippen LogP contribution in [0.3, 0.4) is 0 Å². The SMILES string of the molecule is CC(C)(C)S(=O)NC1CCCCC1NC(=S)Nc1cc(C(F)(F)F)cc(C(F)(F)F)c1. The molecule has 3 N–H and O–H groups in total. The molecular weight excluding hydrogens is 464 g/mol. The Bertz CT molecular complexity index is 788. The third-order valence-corrected chi connectivity index (χ3v) is 6.59. The fourth-order valence-electron chi connectivity index (χ4n) is 3.12. The summed E-state index contributed by atoms with van der Waals surface area (Å²) in [4.78, 5) is 0. The standard InChI is InChI=1S/C19H25F6N3OS2/c1-17(2,3)31(29)28-15-7-5-4-6-14(15)27-16(30)26-13-9-11(18(20,21)22)8-12(10-13)19(23,24)25/h8-10,14-15,28H,4-7H2,1-3H3,(H2,26,27,30). The maximum atomic E-state index is 13.0. The van der Waals surface area contributed by atoms with E-state index < -0.39 is 44.9 Å². The predicted octanol–water partition coefficient (Wildman–Crippen LogP) is 5.37. The van der Waals surface area contributed by atoms with Gasteiger partial charge in [0.15, 0.2) is 5.11 Å². The van der Waals surface area contributed by atoms with Crippen molar-refractivity contribution in [3.63, 3.8) is 0 Å².